The van der Waals surface area contributed by atoms with Crippen LogP contribution in [0.25, 0.3) is 0 Å². The van der Waals surface area contributed by atoms with Gasteiger partial charge in [0.05, 0.1) is 0 Å². The molecule has 43 valence electrons. The fraction of sp³-hybridized carbons (Fsp3) is 0. The van der Waals surface area contributed by atoms with Gasteiger partial charge in [-0.25, -0.2) is 4.98 Å². The van der Waals surface area contributed by atoms with Crippen molar-refractivity contribution in [3.8, 4) is 11.8 Å². The summed E-state index contributed by atoms with van der Waals surface area (Å²) in [6.45, 7) is 3.38. The van der Waals surface area contributed by atoms with E-state index in [0.717, 1.165) is 5.69 Å². The smallest absolute Gasteiger partial charge is 0.113 e. The quantitative estimate of drug-likeness (QED) is 0.465. The number of hydrogen-bond donors (Lipinski definition) is 0. The van der Waals surface area contributed by atoms with Gasteiger partial charge in [-0.15, -0.1) is 0 Å². The van der Waals surface area contributed by atoms with Crippen LogP contribution in [0.5, 0.6) is 0 Å². The van der Waals surface area contributed by atoms with Gasteiger partial charge in [0.15, 0.2) is 0 Å². The summed E-state index contributed by atoms with van der Waals surface area (Å²) in [5.74, 6) is 5.26. The maximum absolute atomic E-state index is 3.95. The number of nitrogens with zero attached hydrogens (tertiary/aromatic N) is 1. The van der Waals surface area contributed by atoms with E-state index in [-0.39, 0.29) is 0 Å². The molecular weight excluding hydrogens is 110 g/mol. The summed E-state index contributed by atoms with van der Waals surface area (Å²) >= 11 is 0. The Bertz CT molecular complexity index is 228. The summed E-state index contributed by atoms with van der Waals surface area (Å²) in [5, 5.41) is 0. The summed E-state index contributed by atoms with van der Waals surface area (Å²) in [5.41, 5.74) is 0.771. The lowest BCUT2D eigenvalue weighted by Gasteiger charge is -1.82. The molecule has 1 rings (SSSR count). The normalized spacial score (nSPS) is 7.67. The van der Waals surface area contributed by atoms with Crippen molar-refractivity contribution < 1.29 is 0 Å². The zero-order valence-electron chi connectivity index (χ0n) is 4.96. The third-order valence-electron chi connectivity index (χ3n) is 0.881. The van der Waals surface area contributed by atoms with Crippen molar-refractivity contribution in [2.24, 2.45) is 0 Å². The van der Waals surface area contributed by atoms with Gasteiger partial charge in [-0.3, -0.25) is 0 Å². The lowest BCUT2D eigenvalue weighted by atomic mass is 10.3. The minimum absolute atomic E-state index is 0.771. The van der Waals surface area contributed by atoms with E-state index in [9.17, 15) is 0 Å². The molecule has 0 spiro atoms. The summed E-state index contributed by atoms with van der Waals surface area (Å²) in [6, 6.07) is 5.60. The molecule has 0 fully saturated rings. The Morgan fingerprint density at radius 2 is 2.33 bits per heavy atom. The molecule has 0 aliphatic rings. The molecule has 0 aliphatic heterocycles. The first-order valence-electron chi connectivity index (χ1n) is 2.62. The molecule has 0 aromatic carbocycles. The van der Waals surface area contributed by atoms with Crippen LogP contribution < -0.4 is 0 Å². The number of rotatable bonds is 0. The molecule has 9 heavy (non-hydrogen) atoms. The molecule has 0 amide bonds. The highest BCUT2D eigenvalue weighted by Crippen LogP contribution is 1.87. The topological polar surface area (TPSA) is 12.9 Å². The third-order valence-corrected chi connectivity index (χ3v) is 0.881. The van der Waals surface area contributed by atoms with E-state index in [2.05, 4.69) is 23.7 Å². The Balaban J connectivity index is 2.94. The predicted molar refractivity (Wildman–Crippen MR) is 36.5 cm³/mol. The van der Waals surface area contributed by atoms with Gasteiger partial charge in [0, 0.05) is 13.1 Å². The molecule has 1 nitrogen and oxygen atoms in total. The fourth-order valence-corrected chi connectivity index (χ4v) is 0.527. The van der Waals surface area contributed by atoms with Crippen LogP contribution in [0, 0.1) is 18.8 Å². The molecule has 1 aromatic rings. The van der Waals surface area contributed by atoms with Crippen LogP contribution in [0.2, 0.25) is 0 Å². The van der Waals surface area contributed by atoms with E-state index >= 15 is 0 Å². The Labute approximate surface area is 54.7 Å². The lowest BCUT2D eigenvalue weighted by molar-refractivity contribution is 1.29. The average molecular weight is 116 g/mol. The van der Waals surface area contributed by atoms with Crippen LogP contribution in [0.4, 0.5) is 0 Å². The van der Waals surface area contributed by atoms with Crippen LogP contribution in [-0.4, -0.2) is 4.98 Å². The van der Waals surface area contributed by atoms with Crippen LogP contribution in [0.1, 0.15) is 5.69 Å². The molecule has 1 aromatic heterocycles. The Kier molecular flexibility index (Phi) is 1.87. The van der Waals surface area contributed by atoms with Gasteiger partial charge in [-0.2, -0.15) is 0 Å². The van der Waals surface area contributed by atoms with Crippen molar-refractivity contribution in [1.82, 2.24) is 4.98 Å². The molecule has 0 saturated heterocycles. The van der Waals surface area contributed by atoms with Crippen molar-refractivity contribution in [3.63, 3.8) is 0 Å². The number of hydrogen-bond acceptors (Lipinski definition) is 1. The zero-order valence-corrected chi connectivity index (χ0v) is 4.96. The predicted octanol–water partition coefficient (Wildman–Crippen LogP) is 1.27. The highest BCUT2D eigenvalue weighted by atomic mass is 14.6. The Hall–Kier alpha value is -1.29. The van der Waals surface area contributed by atoms with Gasteiger partial charge in [-0.1, -0.05) is 12.0 Å². The molecule has 0 atom stereocenters. The van der Waals surface area contributed by atoms with Gasteiger partial charge in [-0.05, 0) is 18.1 Å². The van der Waals surface area contributed by atoms with Crippen LogP contribution in [-0.2, 0) is 0 Å². The van der Waals surface area contributed by atoms with E-state index < -0.39 is 0 Å². The molecule has 0 aliphatic carbocycles. The monoisotopic (exact) mass is 116 g/mol. The molecule has 1 heteroatoms. The first kappa shape index (κ1) is 5.84. The Morgan fingerprint density at radius 3 is 2.89 bits per heavy atom. The summed E-state index contributed by atoms with van der Waals surface area (Å²) in [4.78, 5) is 3.95. The third kappa shape index (κ3) is 1.58. The molecule has 1 heterocycles. The van der Waals surface area contributed by atoms with Crippen molar-refractivity contribution in [1.29, 1.82) is 0 Å². The van der Waals surface area contributed by atoms with E-state index in [0.29, 0.717) is 0 Å². The molecule has 0 N–H and O–H groups in total. The second-order valence-electron chi connectivity index (χ2n) is 1.52. The van der Waals surface area contributed by atoms with E-state index in [1.807, 2.05) is 18.2 Å². The minimum Gasteiger partial charge on any atom is -0.248 e. The second kappa shape index (κ2) is 2.88. The first-order valence-corrected chi connectivity index (χ1v) is 2.62. The van der Waals surface area contributed by atoms with Crippen LogP contribution in [0.15, 0.2) is 24.4 Å². The highest BCUT2D eigenvalue weighted by molar-refractivity contribution is 5.27. The van der Waals surface area contributed by atoms with Crippen molar-refractivity contribution in [2.75, 3.05) is 0 Å². The van der Waals surface area contributed by atoms with Gasteiger partial charge in [0.2, 0.25) is 0 Å². The van der Waals surface area contributed by atoms with Crippen LogP contribution >= 0.6 is 0 Å². The van der Waals surface area contributed by atoms with Crippen molar-refractivity contribution in [3.05, 3.63) is 37.0 Å². The molecule has 0 saturated carbocycles. The second-order valence-corrected chi connectivity index (χ2v) is 1.52. The number of pyridine rings is 1. The van der Waals surface area contributed by atoms with Gasteiger partial charge >= 0.3 is 0 Å². The average Bonchev–Trinajstić information content (AvgIpc) is 1.91. The highest BCUT2D eigenvalue weighted by Gasteiger charge is 1.79. The molecule has 0 unspecified atom stereocenters. The molecule has 0 bridgehead atoms. The largest absolute Gasteiger partial charge is 0.248 e. The maximum Gasteiger partial charge on any atom is 0.113 e. The van der Waals surface area contributed by atoms with E-state index in [1.165, 1.54) is 0 Å². The zero-order chi connectivity index (χ0) is 6.53. The Morgan fingerprint density at radius 1 is 1.44 bits per heavy atom. The summed E-state index contributed by atoms with van der Waals surface area (Å²) in [6.07, 6.45) is 1.71. The standard InChI is InChI=1S/C8H6N/c1-2-5-8-6-3-4-7-9-8/h3-4,6-7H,1H2. The van der Waals surface area contributed by atoms with Gasteiger partial charge in [0.25, 0.3) is 0 Å². The van der Waals surface area contributed by atoms with Gasteiger partial charge < -0.3 is 0 Å². The van der Waals surface area contributed by atoms with Gasteiger partial charge in [0.1, 0.15) is 5.69 Å². The first-order chi connectivity index (χ1) is 4.43. The fourth-order valence-electron chi connectivity index (χ4n) is 0.527. The molecular formula is C8H6N. The van der Waals surface area contributed by atoms with Crippen LogP contribution in [0.3, 0.4) is 0 Å². The maximum atomic E-state index is 3.95. The summed E-state index contributed by atoms with van der Waals surface area (Å²) in [7, 11) is 0. The molecule has 1 radical (unpaired) electrons. The van der Waals surface area contributed by atoms with E-state index in [1.54, 1.807) is 6.20 Å². The number of aromatic nitrogens is 1. The van der Waals surface area contributed by atoms with Crippen molar-refractivity contribution >= 4 is 0 Å². The van der Waals surface area contributed by atoms with E-state index in [4.69, 9.17) is 0 Å². The minimum atomic E-state index is 0.771. The summed E-state index contributed by atoms with van der Waals surface area (Å²) < 4.78 is 0. The SMILES string of the molecule is [CH2]C#Cc1ccccn1. The van der Waals surface area contributed by atoms with Crippen molar-refractivity contribution in [2.45, 2.75) is 0 Å². The lowest BCUT2D eigenvalue weighted by Crippen LogP contribution is -1.76.